The van der Waals surface area contributed by atoms with Gasteiger partial charge in [0.05, 0.1) is 12.0 Å². The van der Waals surface area contributed by atoms with Crippen LogP contribution in [0.2, 0.25) is 0 Å². The van der Waals surface area contributed by atoms with E-state index in [2.05, 4.69) is 82.3 Å². The summed E-state index contributed by atoms with van der Waals surface area (Å²) >= 11 is 0. The molecule has 0 aliphatic heterocycles. The number of imidazole rings is 1. The van der Waals surface area contributed by atoms with E-state index in [0.717, 1.165) is 53.6 Å². The first kappa shape index (κ1) is 23.4. The van der Waals surface area contributed by atoms with E-state index in [9.17, 15) is 5.11 Å². The van der Waals surface area contributed by atoms with Crippen molar-refractivity contribution in [3.05, 3.63) is 155 Å². The Kier molecular flexibility index (Phi) is 5.97. The van der Waals surface area contributed by atoms with Crippen molar-refractivity contribution in [3.63, 3.8) is 0 Å². The number of aliphatic hydroxyl groups is 1. The maximum absolute atomic E-state index is 12.0. The SMILES string of the molecule is C[C@@](O)(c1cn(C(c2ccccc2)(c2ccccc2)c2ccccc2)cn1)c1ccnc2c1CCCC2. The van der Waals surface area contributed by atoms with Crippen molar-refractivity contribution in [2.75, 3.05) is 0 Å². The van der Waals surface area contributed by atoms with Crippen LogP contribution in [0.15, 0.2) is 116 Å². The Hall–Kier alpha value is -4.02. The van der Waals surface area contributed by atoms with Crippen LogP contribution in [-0.2, 0) is 24.0 Å². The zero-order chi connectivity index (χ0) is 25.3. The van der Waals surface area contributed by atoms with Gasteiger partial charge < -0.3 is 9.67 Å². The highest BCUT2D eigenvalue weighted by Crippen LogP contribution is 2.42. The van der Waals surface area contributed by atoms with Crippen LogP contribution in [0.4, 0.5) is 0 Å². The maximum atomic E-state index is 12.0. The molecule has 4 heteroatoms. The lowest BCUT2D eigenvalue weighted by Crippen LogP contribution is -2.37. The van der Waals surface area contributed by atoms with Crippen LogP contribution in [-0.4, -0.2) is 19.6 Å². The van der Waals surface area contributed by atoms with Gasteiger partial charge in [0.15, 0.2) is 0 Å². The number of pyridine rings is 1. The number of aryl methyl sites for hydroxylation is 1. The second kappa shape index (κ2) is 9.45. The molecule has 1 aliphatic carbocycles. The summed E-state index contributed by atoms with van der Waals surface area (Å²) in [5.41, 5.74) is 5.27. The van der Waals surface area contributed by atoms with Gasteiger partial charge in [-0.15, -0.1) is 0 Å². The van der Waals surface area contributed by atoms with Gasteiger partial charge in [0.2, 0.25) is 0 Å². The molecular formula is C33H31N3O. The monoisotopic (exact) mass is 485 g/mol. The standard InChI is InChI=1S/C33H31N3O/c1-32(37,29-21-22-34-30-20-12-11-19-28(29)30)31-23-36(24-35-31)33(25-13-5-2-6-14-25,26-15-7-3-8-16-26)27-17-9-4-10-18-27/h2-10,13-18,21-24,37H,11-12,19-20H2,1H3/t32-/m0/s1. The average Bonchev–Trinajstić information content (AvgIpc) is 3.47. The van der Waals surface area contributed by atoms with Crippen molar-refractivity contribution < 1.29 is 5.11 Å². The third-order valence-electron chi connectivity index (χ3n) is 7.80. The van der Waals surface area contributed by atoms with E-state index < -0.39 is 11.1 Å². The van der Waals surface area contributed by atoms with Crippen molar-refractivity contribution in [2.24, 2.45) is 0 Å². The molecule has 1 aliphatic rings. The number of rotatable bonds is 6. The number of aromatic nitrogens is 3. The molecule has 5 aromatic rings. The number of benzene rings is 3. The number of nitrogens with zero attached hydrogens (tertiary/aromatic N) is 3. The van der Waals surface area contributed by atoms with E-state index in [1.807, 2.05) is 49.9 Å². The third-order valence-corrected chi connectivity index (χ3v) is 7.80. The minimum absolute atomic E-state index is 0.624. The summed E-state index contributed by atoms with van der Waals surface area (Å²) in [6.45, 7) is 1.86. The molecule has 0 saturated heterocycles. The Bertz CT molecular complexity index is 1390. The Morgan fingerprint density at radius 3 is 1.81 bits per heavy atom. The minimum Gasteiger partial charge on any atom is -0.379 e. The molecule has 0 radical (unpaired) electrons. The molecule has 2 heterocycles. The zero-order valence-corrected chi connectivity index (χ0v) is 21.1. The lowest BCUT2D eigenvalue weighted by Gasteiger charge is -2.37. The molecule has 0 unspecified atom stereocenters. The molecule has 0 saturated carbocycles. The average molecular weight is 486 g/mol. The van der Waals surface area contributed by atoms with Gasteiger partial charge in [-0.1, -0.05) is 91.0 Å². The highest BCUT2D eigenvalue weighted by atomic mass is 16.3. The van der Waals surface area contributed by atoms with Gasteiger partial charge in [0.1, 0.15) is 11.1 Å². The number of hydrogen-bond acceptors (Lipinski definition) is 3. The topological polar surface area (TPSA) is 50.9 Å². The van der Waals surface area contributed by atoms with Crippen LogP contribution in [0.1, 0.15) is 59.0 Å². The lowest BCUT2D eigenvalue weighted by atomic mass is 9.76. The maximum Gasteiger partial charge on any atom is 0.131 e. The van der Waals surface area contributed by atoms with Gasteiger partial charge in [0, 0.05) is 18.1 Å². The first-order valence-corrected chi connectivity index (χ1v) is 13.0. The Morgan fingerprint density at radius 2 is 1.24 bits per heavy atom. The highest BCUT2D eigenvalue weighted by Gasteiger charge is 2.40. The Balaban J connectivity index is 1.57. The molecule has 1 N–H and O–H groups in total. The summed E-state index contributed by atoms with van der Waals surface area (Å²) in [6.07, 6.45) is 9.88. The number of fused-ring (bicyclic) bond motifs is 1. The second-order valence-electron chi connectivity index (χ2n) is 10.0. The van der Waals surface area contributed by atoms with E-state index in [1.54, 1.807) is 0 Å². The Morgan fingerprint density at radius 1 is 0.703 bits per heavy atom. The normalized spacial score (nSPS) is 15.1. The van der Waals surface area contributed by atoms with Crippen LogP contribution in [0.5, 0.6) is 0 Å². The van der Waals surface area contributed by atoms with Crippen LogP contribution in [0.3, 0.4) is 0 Å². The summed E-state index contributed by atoms with van der Waals surface area (Å²) in [5.74, 6) is 0. The third kappa shape index (κ3) is 3.89. The van der Waals surface area contributed by atoms with E-state index in [-0.39, 0.29) is 0 Å². The predicted molar refractivity (Wildman–Crippen MR) is 146 cm³/mol. The molecule has 0 bridgehead atoms. The van der Waals surface area contributed by atoms with Crippen LogP contribution >= 0.6 is 0 Å². The summed E-state index contributed by atoms with van der Waals surface area (Å²) in [7, 11) is 0. The fourth-order valence-electron chi connectivity index (χ4n) is 5.96. The molecule has 1 atom stereocenters. The van der Waals surface area contributed by atoms with Gasteiger partial charge in [-0.3, -0.25) is 4.98 Å². The van der Waals surface area contributed by atoms with Crippen molar-refractivity contribution in [1.29, 1.82) is 0 Å². The fourth-order valence-corrected chi connectivity index (χ4v) is 5.96. The zero-order valence-electron chi connectivity index (χ0n) is 21.1. The molecule has 6 rings (SSSR count). The summed E-state index contributed by atoms with van der Waals surface area (Å²) in [4.78, 5) is 9.46. The highest BCUT2D eigenvalue weighted by molar-refractivity contribution is 5.51. The summed E-state index contributed by atoms with van der Waals surface area (Å²) in [5, 5.41) is 12.0. The van der Waals surface area contributed by atoms with E-state index in [0.29, 0.717) is 5.69 Å². The smallest absolute Gasteiger partial charge is 0.131 e. The number of hydrogen-bond donors (Lipinski definition) is 1. The molecule has 0 spiro atoms. The molecule has 4 nitrogen and oxygen atoms in total. The molecule has 3 aromatic carbocycles. The molecule has 0 fully saturated rings. The fraction of sp³-hybridized carbons (Fsp3) is 0.212. The van der Waals surface area contributed by atoms with Gasteiger partial charge in [-0.05, 0) is 66.5 Å². The van der Waals surface area contributed by atoms with Crippen LogP contribution in [0.25, 0.3) is 0 Å². The summed E-state index contributed by atoms with van der Waals surface area (Å²) in [6, 6.07) is 33.5. The first-order chi connectivity index (χ1) is 18.1. The minimum atomic E-state index is -1.24. The quantitative estimate of drug-likeness (QED) is 0.289. The lowest BCUT2D eigenvalue weighted by molar-refractivity contribution is 0.0962. The van der Waals surface area contributed by atoms with Crippen LogP contribution in [0, 0.1) is 0 Å². The molecular weight excluding hydrogens is 454 g/mol. The molecule has 0 amide bonds. The molecule has 2 aromatic heterocycles. The van der Waals surface area contributed by atoms with E-state index in [4.69, 9.17) is 4.98 Å². The first-order valence-electron chi connectivity index (χ1n) is 13.0. The van der Waals surface area contributed by atoms with Gasteiger partial charge in [-0.25, -0.2) is 4.98 Å². The van der Waals surface area contributed by atoms with Crippen molar-refractivity contribution in [3.8, 4) is 0 Å². The predicted octanol–water partition coefficient (Wildman–Crippen LogP) is 6.25. The van der Waals surface area contributed by atoms with Gasteiger partial charge in [-0.2, -0.15) is 0 Å². The second-order valence-corrected chi connectivity index (χ2v) is 10.0. The molecule has 184 valence electrons. The van der Waals surface area contributed by atoms with Crippen molar-refractivity contribution in [2.45, 2.75) is 43.7 Å². The van der Waals surface area contributed by atoms with Crippen molar-refractivity contribution in [1.82, 2.24) is 14.5 Å². The van der Waals surface area contributed by atoms with E-state index in [1.165, 1.54) is 5.56 Å². The molecule has 37 heavy (non-hydrogen) atoms. The van der Waals surface area contributed by atoms with Gasteiger partial charge in [0.25, 0.3) is 0 Å². The van der Waals surface area contributed by atoms with Crippen molar-refractivity contribution >= 4 is 0 Å². The van der Waals surface area contributed by atoms with Gasteiger partial charge >= 0.3 is 0 Å². The Labute approximate surface area is 218 Å². The van der Waals surface area contributed by atoms with Crippen LogP contribution < -0.4 is 0 Å². The largest absolute Gasteiger partial charge is 0.379 e. The summed E-state index contributed by atoms with van der Waals surface area (Å²) < 4.78 is 2.16. The van der Waals surface area contributed by atoms with E-state index >= 15 is 0 Å².